The van der Waals surface area contributed by atoms with Crippen LogP contribution in [0.4, 0.5) is 5.82 Å². The fourth-order valence-electron chi connectivity index (χ4n) is 4.04. The lowest BCUT2D eigenvalue weighted by atomic mass is 9.95. The molecule has 1 aromatic heterocycles. The fourth-order valence-corrected chi connectivity index (χ4v) is 4.04. The summed E-state index contributed by atoms with van der Waals surface area (Å²) in [5, 5.41) is 0. The van der Waals surface area contributed by atoms with Gasteiger partial charge in [-0.1, -0.05) is 27.7 Å². The van der Waals surface area contributed by atoms with E-state index in [1.165, 1.54) is 12.8 Å². The number of carbonyl (C=O) groups excluding carboxylic acids is 2. The van der Waals surface area contributed by atoms with Gasteiger partial charge < -0.3 is 4.90 Å². The second kappa shape index (κ2) is 12.2. The predicted octanol–water partition coefficient (Wildman–Crippen LogP) is 3.37. The summed E-state index contributed by atoms with van der Waals surface area (Å²) in [6.45, 7) is 17.5. The van der Waals surface area contributed by atoms with Gasteiger partial charge in [0.1, 0.15) is 11.6 Å². The highest BCUT2D eigenvalue weighted by Crippen LogP contribution is 2.21. The van der Waals surface area contributed by atoms with Gasteiger partial charge in [0.05, 0.1) is 6.54 Å². The average Bonchev–Trinajstić information content (AvgIpc) is 2.77. The van der Waals surface area contributed by atoms with Gasteiger partial charge in [-0.2, -0.15) is 0 Å². The summed E-state index contributed by atoms with van der Waals surface area (Å²) < 4.78 is 0. The molecule has 6 nitrogen and oxygen atoms in total. The Bertz CT molecular complexity index is 658. The van der Waals surface area contributed by atoms with Crippen LogP contribution in [0, 0.1) is 11.8 Å². The Morgan fingerprint density at radius 1 is 1.00 bits per heavy atom. The van der Waals surface area contributed by atoms with E-state index in [4.69, 9.17) is 0 Å². The molecule has 2 aliphatic rings. The van der Waals surface area contributed by atoms with E-state index >= 15 is 0 Å². The van der Waals surface area contributed by atoms with Crippen molar-refractivity contribution >= 4 is 17.4 Å². The third kappa shape index (κ3) is 7.17. The van der Waals surface area contributed by atoms with Crippen molar-refractivity contribution in [2.24, 2.45) is 11.8 Å². The van der Waals surface area contributed by atoms with E-state index in [-0.39, 0.29) is 11.7 Å². The highest BCUT2D eigenvalue weighted by molar-refractivity contribution is 5.93. The number of hydrogen-bond donors (Lipinski definition) is 0. The number of anilines is 1. The first-order valence-electron chi connectivity index (χ1n) is 11.6. The van der Waals surface area contributed by atoms with Gasteiger partial charge in [0.25, 0.3) is 0 Å². The number of aromatic nitrogens is 1. The molecule has 0 atom stereocenters. The first-order valence-corrected chi connectivity index (χ1v) is 11.6. The first kappa shape index (κ1) is 24.5. The summed E-state index contributed by atoms with van der Waals surface area (Å²) in [5.74, 6) is 2.27. The van der Waals surface area contributed by atoms with Gasteiger partial charge in [-0.15, -0.1) is 0 Å². The van der Waals surface area contributed by atoms with Crippen molar-refractivity contribution in [3.05, 3.63) is 23.9 Å². The number of likely N-dealkylation sites (tertiary alicyclic amines) is 1. The van der Waals surface area contributed by atoms with Gasteiger partial charge in [0.15, 0.2) is 5.78 Å². The lowest BCUT2D eigenvalue weighted by Crippen LogP contribution is -2.49. The lowest BCUT2D eigenvalue weighted by molar-refractivity contribution is -0.123. The van der Waals surface area contributed by atoms with E-state index < -0.39 is 0 Å². The maximum atomic E-state index is 11.9. The summed E-state index contributed by atoms with van der Waals surface area (Å²) in [7, 11) is 0. The van der Waals surface area contributed by atoms with Crippen molar-refractivity contribution in [3.8, 4) is 0 Å². The van der Waals surface area contributed by atoms with Gasteiger partial charge in [0.2, 0.25) is 0 Å². The van der Waals surface area contributed by atoms with Crippen LogP contribution in [0.1, 0.15) is 57.8 Å². The summed E-state index contributed by atoms with van der Waals surface area (Å²) >= 11 is 0. The molecule has 0 aliphatic carbocycles. The van der Waals surface area contributed by atoms with Gasteiger partial charge in [0, 0.05) is 50.4 Å². The second-order valence-corrected chi connectivity index (χ2v) is 8.59. The summed E-state index contributed by atoms with van der Waals surface area (Å²) in [4.78, 5) is 35.0. The third-order valence-electron chi connectivity index (χ3n) is 6.10. The topological polar surface area (TPSA) is 56.8 Å². The summed E-state index contributed by atoms with van der Waals surface area (Å²) in [6, 6.07) is 3.83. The van der Waals surface area contributed by atoms with Crippen molar-refractivity contribution in [1.29, 1.82) is 0 Å². The Balaban J connectivity index is 0.00000155. The van der Waals surface area contributed by atoms with Gasteiger partial charge in [-0.3, -0.25) is 19.4 Å². The van der Waals surface area contributed by atoms with Crippen LogP contribution in [-0.4, -0.2) is 78.7 Å². The van der Waals surface area contributed by atoms with Gasteiger partial charge in [-0.25, -0.2) is 4.98 Å². The second-order valence-electron chi connectivity index (χ2n) is 8.59. The van der Waals surface area contributed by atoms with Crippen molar-refractivity contribution in [2.45, 2.75) is 47.5 Å². The van der Waals surface area contributed by atoms with Crippen molar-refractivity contribution < 1.29 is 9.59 Å². The molecule has 6 heteroatoms. The van der Waals surface area contributed by atoms with E-state index in [9.17, 15) is 9.59 Å². The number of rotatable bonds is 7. The number of piperazine rings is 1. The molecule has 2 fully saturated rings. The van der Waals surface area contributed by atoms with E-state index in [1.54, 1.807) is 13.1 Å². The summed E-state index contributed by atoms with van der Waals surface area (Å²) in [6.07, 6.45) is 4.07. The molecule has 0 spiro atoms. The minimum Gasteiger partial charge on any atom is -0.354 e. The van der Waals surface area contributed by atoms with Crippen LogP contribution < -0.4 is 4.90 Å². The van der Waals surface area contributed by atoms with Crippen molar-refractivity contribution in [1.82, 2.24) is 14.8 Å². The van der Waals surface area contributed by atoms with Gasteiger partial charge in [-0.05, 0) is 50.9 Å². The smallest absolute Gasteiger partial charge is 0.161 e. The minimum absolute atomic E-state index is 0.0588. The number of piperidine rings is 1. The largest absolute Gasteiger partial charge is 0.354 e. The highest BCUT2D eigenvalue weighted by atomic mass is 16.1. The van der Waals surface area contributed by atoms with Crippen molar-refractivity contribution in [3.63, 3.8) is 0 Å². The lowest BCUT2D eigenvalue weighted by Gasteiger charge is -2.39. The number of Topliss-reactive ketones (excluding diaryl/α,β-unsaturated/α-hetero) is 2. The quantitative estimate of drug-likeness (QED) is 0.635. The number of pyridine rings is 1. The highest BCUT2D eigenvalue weighted by Gasteiger charge is 2.25. The molecule has 0 N–H and O–H groups in total. The monoisotopic (exact) mass is 416 g/mol. The Labute approximate surface area is 182 Å². The Morgan fingerprint density at radius 3 is 2.13 bits per heavy atom. The maximum absolute atomic E-state index is 11.9. The van der Waals surface area contributed by atoms with Crippen LogP contribution in [0.15, 0.2) is 18.3 Å². The maximum Gasteiger partial charge on any atom is 0.161 e. The molecule has 168 valence electrons. The molecular weight excluding hydrogens is 376 g/mol. The van der Waals surface area contributed by atoms with Crippen LogP contribution in [-0.2, 0) is 4.79 Å². The number of hydrogen-bond acceptors (Lipinski definition) is 6. The average molecular weight is 417 g/mol. The fraction of sp³-hybridized carbons (Fsp3) is 0.708. The third-order valence-corrected chi connectivity index (χ3v) is 6.10. The molecular formula is C24H40N4O2. The van der Waals surface area contributed by atoms with E-state index in [2.05, 4.69) is 19.7 Å². The normalized spacial score (nSPS) is 18.8. The minimum atomic E-state index is 0.0588. The Morgan fingerprint density at radius 2 is 1.63 bits per heavy atom. The van der Waals surface area contributed by atoms with Crippen LogP contribution in [0.2, 0.25) is 0 Å². The van der Waals surface area contributed by atoms with Crippen LogP contribution >= 0.6 is 0 Å². The molecule has 3 heterocycles. The molecule has 0 saturated carbocycles. The van der Waals surface area contributed by atoms with Crippen molar-refractivity contribution in [2.75, 3.05) is 57.3 Å². The zero-order chi connectivity index (χ0) is 22.1. The van der Waals surface area contributed by atoms with Gasteiger partial charge >= 0.3 is 0 Å². The first-order chi connectivity index (χ1) is 14.4. The molecule has 1 aromatic rings. The molecule has 30 heavy (non-hydrogen) atoms. The van der Waals surface area contributed by atoms with Crippen LogP contribution in [0.25, 0.3) is 0 Å². The zero-order valence-electron chi connectivity index (χ0n) is 19.6. The predicted molar refractivity (Wildman–Crippen MR) is 123 cm³/mol. The van der Waals surface area contributed by atoms with E-state index in [0.29, 0.717) is 17.9 Å². The molecule has 0 unspecified atom stereocenters. The van der Waals surface area contributed by atoms with E-state index in [1.807, 2.05) is 39.8 Å². The number of carbonyl (C=O) groups is 2. The van der Waals surface area contributed by atoms with Crippen LogP contribution in [0.3, 0.4) is 0 Å². The zero-order valence-corrected chi connectivity index (χ0v) is 19.6. The Kier molecular flexibility index (Phi) is 9.92. The molecule has 0 aromatic carbocycles. The Hall–Kier alpha value is -1.79. The molecule has 3 rings (SSSR count). The standard InChI is InChI=1S/C22H34N4O2.C2H6/c1-17(2)21(28)16-24-8-6-19(7-9-24)15-25-10-12-26(13-11-25)22-5-4-20(14-23-22)18(3)27;1-2/h4-5,14,17,19H,6-13,15-16H2,1-3H3;1-2H3. The number of ketones is 2. The number of nitrogens with zero attached hydrogens (tertiary/aromatic N) is 4. The molecule has 2 aliphatic heterocycles. The molecule has 2 saturated heterocycles. The van der Waals surface area contributed by atoms with E-state index in [0.717, 1.165) is 57.5 Å². The summed E-state index contributed by atoms with van der Waals surface area (Å²) in [5.41, 5.74) is 0.670. The van der Waals surface area contributed by atoms with Crippen LogP contribution in [0.5, 0.6) is 0 Å². The molecule has 0 radical (unpaired) electrons. The molecule has 0 bridgehead atoms. The SMILES string of the molecule is CC.CC(=O)c1ccc(N2CCN(CC3CCN(CC(=O)C(C)C)CC3)CC2)nc1. The molecule has 0 amide bonds.